The highest BCUT2D eigenvalue weighted by Crippen LogP contribution is 2.22. The van der Waals surface area contributed by atoms with Crippen LogP contribution in [-0.2, 0) is 6.54 Å². The summed E-state index contributed by atoms with van der Waals surface area (Å²) in [7, 11) is 0. The van der Waals surface area contributed by atoms with Gasteiger partial charge in [-0.05, 0) is 42.0 Å². The molecule has 0 saturated carbocycles. The predicted molar refractivity (Wildman–Crippen MR) is 88.5 cm³/mol. The smallest absolute Gasteiger partial charge is 0.291 e. The molecule has 2 aromatic heterocycles. The third-order valence-electron chi connectivity index (χ3n) is 3.19. The van der Waals surface area contributed by atoms with E-state index in [1.165, 1.54) is 12.3 Å². The van der Waals surface area contributed by atoms with Gasteiger partial charge in [-0.3, -0.25) is 9.59 Å². The Kier molecular flexibility index (Phi) is 4.90. The zero-order valence-electron chi connectivity index (χ0n) is 12.7. The first-order valence-corrected chi connectivity index (χ1v) is 8.01. The first-order chi connectivity index (χ1) is 12.0. The maximum absolute atomic E-state index is 13.1. The van der Waals surface area contributed by atoms with E-state index < -0.39 is 23.4 Å². The molecule has 0 aliphatic rings. The van der Waals surface area contributed by atoms with E-state index >= 15 is 0 Å². The molecule has 0 saturated heterocycles. The second kappa shape index (κ2) is 7.27. The molecule has 0 unspecified atom stereocenters. The van der Waals surface area contributed by atoms with E-state index in [0.717, 1.165) is 29.5 Å². The monoisotopic (exact) mass is 362 g/mol. The van der Waals surface area contributed by atoms with Crippen LogP contribution in [-0.4, -0.2) is 11.8 Å². The minimum absolute atomic E-state index is 0.0144. The van der Waals surface area contributed by atoms with Crippen molar-refractivity contribution in [3.8, 4) is 0 Å². The SMILES string of the molecule is O=C(Nc1ccc(C(=O)NCc2cc(F)cc(F)c2)s1)c1ccco1. The fourth-order valence-electron chi connectivity index (χ4n) is 2.09. The fourth-order valence-corrected chi connectivity index (χ4v) is 2.91. The second-order valence-corrected chi connectivity index (χ2v) is 6.14. The summed E-state index contributed by atoms with van der Waals surface area (Å²) in [6.07, 6.45) is 1.39. The van der Waals surface area contributed by atoms with Gasteiger partial charge in [-0.15, -0.1) is 11.3 Å². The van der Waals surface area contributed by atoms with Crippen molar-refractivity contribution in [2.75, 3.05) is 5.32 Å². The normalized spacial score (nSPS) is 10.5. The Morgan fingerprint density at radius 1 is 1.04 bits per heavy atom. The van der Waals surface area contributed by atoms with Crippen molar-refractivity contribution in [2.24, 2.45) is 0 Å². The van der Waals surface area contributed by atoms with Crippen molar-refractivity contribution in [3.63, 3.8) is 0 Å². The molecule has 2 N–H and O–H groups in total. The van der Waals surface area contributed by atoms with E-state index in [1.54, 1.807) is 18.2 Å². The Morgan fingerprint density at radius 2 is 1.80 bits per heavy atom. The molecule has 0 fully saturated rings. The van der Waals surface area contributed by atoms with Gasteiger partial charge >= 0.3 is 0 Å². The third-order valence-corrected chi connectivity index (χ3v) is 4.19. The average molecular weight is 362 g/mol. The highest BCUT2D eigenvalue weighted by molar-refractivity contribution is 7.18. The van der Waals surface area contributed by atoms with Gasteiger partial charge in [0.1, 0.15) is 11.6 Å². The largest absolute Gasteiger partial charge is 0.459 e. The summed E-state index contributed by atoms with van der Waals surface area (Å²) in [5.41, 5.74) is 0.314. The first-order valence-electron chi connectivity index (χ1n) is 7.19. The number of carbonyl (C=O) groups is 2. The van der Waals surface area contributed by atoms with E-state index in [1.807, 2.05) is 0 Å². The van der Waals surface area contributed by atoms with Crippen LogP contribution in [0.3, 0.4) is 0 Å². The molecule has 25 heavy (non-hydrogen) atoms. The zero-order valence-corrected chi connectivity index (χ0v) is 13.5. The zero-order chi connectivity index (χ0) is 17.8. The number of benzene rings is 1. The van der Waals surface area contributed by atoms with Gasteiger partial charge in [-0.25, -0.2) is 8.78 Å². The second-order valence-electron chi connectivity index (χ2n) is 5.06. The van der Waals surface area contributed by atoms with Crippen LogP contribution in [0.4, 0.5) is 13.8 Å². The highest BCUT2D eigenvalue weighted by Gasteiger charge is 2.13. The number of carbonyl (C=O) groups excluding carboxylic acids is 2. The lowest BCUT2D eigenvalue weighted by molar-refractivity contribution is 0.0953. The molecule has 3 rings (SSSR count). The van der Waals surface area contributed by atoms with Gasteiger partial charge in [0.25, 0.3) is 11.8 Å². The number of thiophene rings is 1. The Morgan fingerprint density at radius 3 is 2.48 bits per heavy atom. The Balaban J connectivity index is 1.59. The predicted octanol–water partition coefficient (Wildman–Crippen LogP) is 3.80. The van der Waals surface area contributed by atoms with Crippen LogP contribution in [0, 0.1) is 11.6 Å². The topological polar surface area (TPSA) is 71.3 Å². The maximum atomic E-state index is 13.1. The lowest BCUT2D eigenvalue weighted by Gasteiger charge is -2.04. The summed E-state index contributed by atoms with van der Waals surface area (Å²) in [4.78, 5) is 24.3. The molecular formula is C17H12F2N2O3S. The van der Waals surface area contributed by atoms with E-state index in [2.05, 4.69) is 10.6 Å². The molecule has 8 heteroatoms. The van der Waals surface area contributed by atoms with Crippen LogP contribution in [0.15, 0.2) is 53.1 Å². The van der Waals surface area contributed by atoms with Crippen LogP contribution in [0.1, 0.15) is 25.8 Å². The van der Waals surface area contributed by atoms with Gasteiger partial charge in [0.2, 0.25) is 0 Å². The van der Waals surface area contributed by atoms with Crippen molar-refractivity contribution < 1.29 is 22.8 Å². The molecule has 0 bridgehead atoms. The summed E-state index contributed by atoms with van der Waals surface area (Å²) >= 11 is 1.07. The molecule has 0 atom stereocenters. The van der Waals surface area contributed by atoms with Crippen LogP contribution in [0.5, 0.6) is 0 Å². The number of hydrogen-bond acceptors (Lipinski definition) is 4. The van der Waals surface area contributed by atoms with E-state index in [-0.39, 0.29) is 12.3 Å². The molecule has 1 aromatic carbocycles. The molecule has 3 aromatic rings. The number of amides is 2. The molecule has 0 radical (unpaired) electrons. The minimum atomic E-state index is -0.705. The first kappa shape index (κ1) is 16.8. The lowest BCUT2D eigenvalue weighted by Crippen LogP contribution is -2.21. The molecule has 2 heterocycles. The van der Waals surface area contributed by atoms with E-state index in [9.17, 15) is 18.4 Å². The molecule has 0 spiro atoms. The van der Waals surface area contributed by atoms with Gasteiger partial charge in [0, 0.05) is 12.6 Å². The van der Waals surface area contributed by atoms with Gasteiger partial charge in [0.15, 0.2) is 5.76 Å². The standard InChI is InChI=1S/C17H12F2N2O3S/c18-11-6-10(7-12(19)8-11)9-20-17(23)14-3-4-15(25-14)21-16(22)13-2-1-5-24-13/h1-8H,9H2,(H,20,23)(H,21,22). The molecule has 128 valence electrons. The number of rotatable bonds is 5. The average Bonchev–Trinajstić information content (AvgIpc) is 3.23. The Labute approximate surface area is 145 Å². The molecule has 5 nitrogen and oxygen atoms in total. The summed E-state index contributed by atoms with van der Waals surface area (Å²) in [5, 5.41) is 5.66. The van der Waals surface area contributed by atoms with Gasteiger partial charge < -0.3 is 15.1 Å². The highest BCUT2D eigenvalue weighted by atomic mass is 32.1. The summed E-state index contributed by atoms with van der Waals surface area (Å²) in [6.45, 7) is -0.0144. The Bertz CT molecular complexity index is 886. The van der Waals surface area contributed by atoms with Crippen molar-refractivity contribution >= 4 is 28.2 Å². The number of halogens is 2. The van der Waals surface area contributed by atoms with Crippen molar-refractivity contribution in [1.29, 1.82) is 0 Å². The summed E-state index contributed by atoms with van der Waals surface area (Å²) in [5.74, 6) is -2.08. The molecule has 0 aliphatic carbocycles. The number of nitrogens with one attached hydrogen (secondary N) is 2. The van der Waals surface area contributed by atoms with Gasteiger partial charge in [0.05, 0.1) is 16.1 Å². The third kappa shape index (κ3) is 4.30. The van der Waals surface area contributed by atoms with Crippen molar-refractivity contribution in [3.05, 3.63) is 76.6 Å². The van der Waals surface area contributed by atoms with Crippen molar-refractivity contribution in [2.45, 2.75) is 6.54 Å². The fraction of sp³-hybridized carbons (Fsp3) is 0.0588. The molecule has 2 amide bonds. The van der Waals surface area contributed by atoms with Crippen LogP contribution in [0.25, 0.3) is 0 Å². The number of anilines is 1. The minimum Gasteiger partial charge on any atom is -0.459 e. The quantitative estimate of drug-likeness (QED) is 0.725. The number of hydrogen-bond donors (Lipinski definition) is 2. The summed E-state index contributed by atoms with van der Waals surface area (Å²) < 4.78 is 31.2. The van der Waals surface area contributed by atoms with Gasteiger partial charge in [-0.1, -0.05) is 0 Å². The summed E-state index contributed by atoms with van der Waals surface area (Å²) in [6, 6.07) is 9.30. The van der Waals surface area contributed by atoms with Crippen LogP contribution >= 0.6 is 11.3 Å². The molecular weight excluding hydrogens is 350 g/mol. The number of furan rings is 1. The van der Waals surface area contributed by atoms with E-state index in [0.29, 0.717) is 15.4 Å². The Hall–Kier alpha value is -3.00. The van der Waals surface area contributed by atoms with Crippen LogP contribution < -0.4 is 10.6 Å². The molecule has 0 aliphatic heterocycles. The lowest BCUT2D eigenvalue weighted by atomic mass is 10.2. The van der Waals surface area contributed by atoms with E-state index in [4.69, 9.17) is 4.42 Å². The van der Waals surface area contributed by atoms with Crippen LogP contribution in [0.2, 0.25) is 0 Å². The van der Waals surface area contributed by atoms with Gasteiger partial charge in [-0.2, -0.15) is 0 Å². The van der Waals surface area contributed by atoms with Crippen molar-refractivity contribution in [1.82, 2.24) is 5.32 Å². The maximum Gasteiger partial charge on any atom is 0.291 e.